The number of hydrogen-bond donors (Lipinski definition) is 0. The van der Waals surface area contributed by atoms with Crippen LogP contribution >= 0.6 is 0 Å². The van der Waals surface area contributed by atoms with Gasteiger partial charge in [-0.05, 0) is 55.7 Å². The lowest BCUT2D eigenvalue weighted by Gasteiger charge is -2.27. The van der Waals surface area contributed by atoms with Gasteiger partial charge in [0.25, 0.3) is 0 Å². The number of carbonyl (C=O) groups excluding carboxylic acids is 1. The van der Waals surface area contributed by atoms with E-state index in [1.807, 2.05) is 0 Å². The fourth-order valence-electron chi connectivity index (χ4n) is 2.99. The summed E-state index contributed by atoms with van der Waals surface area (Å²) in [7, 11) is 0. The lowest BCUT2D eigenvalue weighted by molar-refractivity contribution is -0.125. The third-order valence-electron chi connectivity index (χ3n) is 4.50. The average molecular weight is 244 g/mol. The molecule has 0 N–H and O–H groups in total. The quantitative estimate of drug-likeness (QED) is 0.777. The molecule has 0 aromatic heterocycles. The summed E-state index contributed by atoms with van der Waals surface area (Å²) in [5, 5.41) is 0. The Morgan fingerprint density at radius 3 is 2.67 bits per heavy atom. The van der Waals surface area contributed by atoms with Gasteiger partial charge in [-0.15, -0.1) is 0 Å². The first kappa shape index (κ1) is 13.3. The van der Waals surface area contributed by atoms with Crippen LogP contribution < -0.4 is 0 Å². The fourth-order valence-corrected chi connectivity index (χ4v) is 2.99. The van der Waals surface area contributed by atoms with Crippen molar-refractivity contribution in [2.45, 2.75) is 52.9 Å². The highest BCUT2D eigenvalue weighted by Crippen LogP contribution is 2.31. The molecule has 1 heteroatoms. The van der Waals surface area contributed by atoms with Gasteiger partial charge in [0.1, 0.15) is 5.78 Å². The van der Waals surface area contributed by atoms with E-state index in [-0.39, 0.29) is 5.92 Å². The van der Waals surface area contributed by atoms with Gasteiger partial charge >= 0.3 is 0 Å². The van der Waals surface area contributed by atoms with Crippen LogP contribution in [0.15, 0.2) is 18.2 Å². The molecule has 0 saturated heterocycles. The summed E-state index contributed by atoms with van der Waals surface area (Å²) in [6, 6.07) is 6.61. The molecule has 0 aliphatic heterocycles. The van der Waals surface area contributed by atoms with Crippen LogP contribution in [-0.2, 0) is 11.2 Å². The number of rotatable bonds is 3. The molecule has 0 spiro atoms. The van der Waals surface area contributed by atoms with Crippen LogP contribution in [0.2, 0.25) is 0 Å². The number of hydrogen-bond acceptors (Lipinski definition) is 1. The van der Waals surface area contributed by atoms with Gasteiger partial charge in [0, 0.05) is 12.3 Å². The van der Waals surface area contributed by atoms with Crippen LogP contribution in [0.5, 0.6) is 0 Å². The monoisotopic (exact) mass is 244 g/mol. The summed E-state index contributed by atoms with van der Waals surface area (Å²) in [6.07, 6.45) is 5.17. The Labute approximate surface area is 111 Å². The van der Waals surface area contributed by atoms with Crippen molar-refractivity contribution in [3.63, 3.8) is 0 Å². The molecule has 2 rings (SSSR count). The van der Waals surface area contributed by atoms with E-state index >= 15 is 0 Å². The van der Waals surface area contributed by atoms with Crippen molar-refractivity contribution in [2.24, 2.45) is 11.8 Å². The Kier molecular flexibility index (Phi) is 4.21. The molecule has 1 fully saturated rings. The molecular formula is C17H24O. The largest absolute Gasteiger partial charge is 0.299 e. The second-order valence-electron chi connectivity index (χ2n) is 5.83. The smallest absolute Gasteiger partial charge is 0.136 e. The van der Waals surface area contributed by atoms with Gasteiger partial charge in [-0.1, -0.05) is 31.5 Å². The van der Waals surface area contributed by atoms with E-state index < -0.39 is 0 Å². The van der Waals surface area contributed by atoms with Gasteiger partial charge in [0.15, 0.2) is 0 Å². The normalized spacial score (nSPS) is 24.3. The minimum absolute atomic E-state index is 0.269. The third kappa shape index (κ3) is 3.01. The van der Waals surface area contributed by atoms with Crippen LogP contribution in [0.1, 0.15) is 49.3 Å². The van der Waals surface area contributed by atoms with Gasteiger partial charge in [0.05, 0.1) is 0 Å². The molecular weight excluding hydrogens is 220 g/mol. The summed E-state index contributed by atoms with van der Waals surface area (Å²) in [5.74, 6) is 1.52. The van der Waals surface area contributed by atoms with Crippen LogP contribution in [0.25, 0.3) is 0 Å². The van der Waals surface area contributed by atoms with E-state index in [9.17, 15) is 4.79 Å². The highest BCUT2D eigenvalue weighted by molar-refractivity contribution is 5.82. The Balaban J connectivity index is 2.07. The molecule has 0 bridgehead atoms. The van der Waals surface area contributed by atoms with Crippen LogP contribution in [0.3, 0.4) is 0 Å². The van der Waals surface area contributed by atoms with Crippen molar-refractivity contribution >= 4 is 5.78 Å². The minimum atomic E-state index is 0.269. The van der Waals surface area contributed by atoms with Crippen molar-refractivity contribution in [1.82, 2.24) is 0 Å². The van der Waals surface area contributed by atoms with E-state index in [0.29, 0.717) is 5.78 Å². The van der Waals surface area contributed by atoms with Crippen molar-refractivity contribution in [2.75, 3.05) is 0 Å². The predicted molar refractivity (Wildman–Crippen MR) is 75.7 cm³/mol. The maximum atomic E-state index is 12.0. The zero-order valence-electron chi connectivity index (χ0n) is 11.8. The molecule has 2 atom stereocenters. The van der Waals surface area contributed by atoms with E-state index in [0.717, 1.165) is 31.6 Å². The molecule has 1 saturated carbocycles. The highest BCUT2D eigenvalue weighted by atomic mass is 16.1. The SMILES string of the molecule is CCC1CCC(=O)C(Cc2ccc(C)c(C)c2)C1. The number of benzene rings is 1. The summed E-state index contributed by atoms with van der Waals surface area (Å²) in [6.45, 7) is 6.53. The standard InChI is InChI=1S/C17H24O/c1-4-14-7-8-17(18)16(10-14)11-15-6-5-12(2)13(3)9-15/h5-6,9,14,16H,4,7-8,10-11H2,1-3H3. The lowest BCUT2D eigenvalue weighted by atomic mass is 9.76. The summed E-state index contributed by atoms with van der Waals surface area (Å²) < 4.78 is 0. The van der Waals surface area contributed by atoms with E-state index in [4.69, 9.17) is 0 Å². The van der Waals surface area contributed by atoms with Crippen LogP contribution in [0, 0.1) is 25.7 Å². The molecule has 98 valence electrons. The van der Waals surface area contributed by atoms with E-state index in [2.05, 4.69) is 39.0 Å². The van der Waals surface area contributed by atoms with Crippen molar-refractivity contribution in [1.29, 1.82) is 0 Å². The predicted octanol–water partition coefficient (Wildman–Crippen LogP) is 4.24. The molecule has 1 aromatic rings. The number of carbonyl (C=O) groups is 1. The van der Waals surface area contributed by atoms with Crippen molar-refractivity contribution < 1.29 is 4.79 Å². The maximum absolute atomic E-state index is 12.0. The zero-order chi connectivity index (χ0) is 13.1. The molecule has 18 heavy (non-hydrogen) atoms. The second kappa shape index (κ2) is 5.69. The third-order valence-corrected chi connectivity index (χ3v) is 4.50. The van der Waals surface area contributed by atoms with Crippen molar-refractivity contribution in [3.05, 3.63) is 34.9 Å². The maximum Gasteiger partial charge on any atom is 0.136 e. The molecule has 1 aliphatic rings. The lowest BCUT2D eigenvalue weighted by Crippen LogP contribution is -2.26. The van der Waals surface area contributed by atoms with E-state index in [1.165, 1.54) is 23.1 Å². The first-order chi connectivity index (χ1) is 8.60. The second-order valence-corrected chi connectivity index (χ2v) is 5.83. The Hall–Kier alpha value is -1.11. The molecule has 1 aliphatic carbocycles. The number of aryl methyl sites for hydroxylation is 2. The molecule has 1 aromatic carbocycles. The first-order valence-electron chi connectivity index (χ1n) is 7.19. The van der Waals surface area contributed by atoms with E-state index in [1.54, 1.807) is 0 Å². The Morgan fingerprint density at radius 2 is 2.00 bits per heavy atom. The Bertz CT molecular complexity index is 433. The molecule has 0 radical (unpaired) electrons. The minimum Gasteiger partial charge on any atom is -0.299 e. The Morgan fingerprint density at radius 1 is 1.22 bits per heavy atom. The topological polar surface area (TPSA) is 17.1 Å². The summed E-state index contributed by atoms with van der Waals surface area (Å²) in [5.41, 5.74) is 4.00. The molecule has 1 nitrogen and oxygen atoms in total. The van der Waals surface area contributed by atoms with Crippen molar-refractivity contribution in [3.8, 4) is 0 Å². The van der Waals surface area contributed by atoms with Gasteiger partial charge in [0.2, 0.25) is 0 Å². The van der Waals surface area contributed by atoms with Crippen LogP contribution in [-0.4, -0.2) is 5.78 Å². The van der Waals surface area contributed by atoms with Gasteiger partial charge in [-0.25, -0.2) is 0 Å². The highest BCUT2D eigenvalue weighted by Gasteiger charge is 2.27. The molecule has 0 heterocycles. The average Bonchev–Trinajstić information content (AvgIpc) is 2.36. The van der Waals surface area contributed by atoms with Gasteiger partial charge in [-0.3, -0.25) is 4.79 Å². The summed E-state index contributed by atoms with van der Waals surface area (Å²) >= 11 is 0. The molecule has 2 unspecified atom stereocenters. The van der Waals surface area contributed by atoms with Gasteiger partial charge < -0.3 is 0 Å². The fraction of sp³-hybridized carbons (Fsp3) is 0.588. The zero-order valence-corrected chi connectivity index (χ0v) is 11.8. The first-order valence-corrected chi connectivity index (χ1v) is 7.19. The van der Waals surface area contributed by atoms with Gasteiger partial charge in [-0.2, -0.15) is 0 Å². The molecule has 0 amide bonds. The van der Waals surface area contributed by atoms with Crippen LogP contribution in [0.4, 0.5) is 0 Å². The number of ketones is 1. The summed E-state index contributed by atoms with van der Waals surface area (Å²) in [4.78, 5) is 12.0. The number of Topliss-reactive ketones (excluding diaryl/α,β-unsaturated/α-hetero) is 1.